The van der Waals surface area contributed by atoms with E-state index < -0.39 is 0 Å². The Balaban J connectivity index is 1.31. The number of hydrogen-bond donors (Lipinski definition) is 0. The minimum atomic E-state index is 0.455. The summed E-state index contributed by atoms with van der Waals surface area (Å²) in [5.74, 6) is 0.552. The van der Waals surface area contributed by atoms with Gasteiger partial charge in [0.2, 0.25) is 0 Å². The van der Waals surface area contributed by atoms with E-state index in [9.17, 15) is 0 Å². The zero-order valence-electron chi connectivity index (χ0n) is 14.7. The van der Waals surface area contributed by atoms with Gasteiger partial charge in [-0.25, -0.2) is 0 Å². The molecule has 0 aromatic carbocycles. The molecule has 3 heterocycles. The lowest BCUT2D eigenvalue weighted by Gasteiger charge is -2.51. The first kappa shape index (κ1) is 16.5. The third kappa shape index (κ3) is 3.51. The van der Waals surface area contributed by atoms with Gasteiger partial charge < -0.3 is 14.4 Å². The SMILES string of the molecule is c1cc(COC[C@@H]2COCCC23CCN(C2CCC2)CC3)ccn1. The predicted molar refractivity (Wildman–Crippen MR) is 93.7 cm³/mol. The topological polar surface area (TPSA) is 34.6 Å². The molecule has 1 saturated carbocycles. The van der Waals surface area contributed by atoms with Gasteiger partial charge in [0.05, 0.1) is 19.8 Å². The minimum absolute atomic E-state index is 0.455. The number of aromatic nitrogens is 1. The Labute approximate surface area is 145 Å². The average molecular weight is 330 g/mol. The summed E-state index contributed by atoms with van der Waals surface area (Å²) in [6, 6.07) is 4.96. The highest BCUT2D eigenvalue weighted by molar-refractivity contribution is 5.08. The predicted octanol–water partition coefficient (Wildman–Crippen LogP) is 3.27. The van der Waals surface area contributed by atoms with Gasteiger partial charge in [0.25, 0.3) is 0 Å². The van der Waals surface area contributed by atoms with Gasteiger partial charge in [0.15, 0.2) is 0 Å². The number of likely N-dealkylation sites (tertiary alicyclic amines) is 1. The molecule has 1 aromatic rings. The van der Waals surface area contributed by atoms with E-state index in [2.05, 4.69) is 9.88 Å². The fourth-order valence-electron chi connectivity index (χ4n) is 4.65. The summed E-state index contributed by atoms with van der Waals surface area (Å²) in [6.07, 6.45) is 11.8. The maximum Gasteiger partial charge on any atom is 0.0718 e. The normalized spacial score (nSPS) is 27.9. The van der Waals surface area contributed by atoms with E-state index in [1.54, 1.807) is 0 Å². The van der Waals surface area contributed by atoms with Crippen LogP contribution in [-0.4, -0.2) is 48.8 Å². The van der Waals surface area contributed by atoms with Crippen molar-refractivity contribution < 1.29 is 9.47 Å². The molecular weight excluding hydrogens is 300 g/mol. The molecule has 3 aliphatic rings. The van der Waals surface area contributed by atoms with E-state index in [4.69, 9.17) is 9.47 Å². The van der Waals surface area contributed by atoms with Crippen molar-refractivity contribution in [2.75, 3.05) is 32.9 Å². The van der Waals surface area contributed by atoms with Gasteiger partial charge in [-0.2, -0.15) is 0 Å². The van der Waals surface area contributed by atoms with Crippen molar-refractivity contribution in [3.05, 3.63) is 30.1 Å². The quantitative estimate of drug-likeness (QED) is 0.830. The van der Waals surface area contributed by atoms with Crippen LogP contribution in [-0.2, 0) is 16.1 Å². The molecule has 1 aliphatic carbocycles. The molecule has 0 N–H and O–H groups in total. The van der Waals surface area contributed by atoms with Crippen LogP contribution in [0.4, 0.5) is 0 Å². The molecule has 4 heteroatoms. The summed E-state index contributed by atoms with van der Waals surface area (Å²) in [7, 11) is 0. The zero-order chi connectivity index (χ0) is 16.2. The van der Waals surface area contributed by atoms with E-state index in [-0.39, 0.29) is 0 Å². The van der Waals surface area contributed by atoms with Gasteiger partial charge in [-0.15, -0.1) is 0 Å². The highest BCUT2D eigenvalue weighted by Gasteiger charge is 2.44. The van der Waals surface area contributed by atoms with Crippen molar-refractivity contribution >= 4 is 0 Å². The molecule has 2 aliphatic heterocycles. The fourth-order valence-corrected chi connectivity index (χ4v) is 4.65. The minimum Gasteiger partial charge on any atom is -0.381 e. The second-order valence-electron chi connectivity index (χ2n) is 7.88. The molecular formula is C20H30N2O2. The van der Waals surface area contributed by atoms with E-state index >= 15 is 0 Å². The lowest BCUT2D eigenvalue weighted by atomic mass is 9.65. The van der Waals surface area contributed by atoms with Crippen LogP contribution < -0.4 is 0 Å². The van der Waals surface area contributed by atoms with Crippen LogP contribution in [0.5, 0.6) is 0 Å². The summed E-state index contributed by atoms with van der Waals surface area (Å²) in [5, 5.41) is 0. The first-order chi connectivity index (χ1) is 11.9. The average Bonchev–Trinajstić information content (AvgIpc) is 2.58. The molecule has 0 amide bonds. The van der Waals surface area contributed by atoms with E-state index in [1.807, 2.05) is 24.5 Å². The molecule has 2 saturated heterocycles. The number of ether oxygens (including phenoxy) is 2. The summed E-state index contributed by atoms with van der Waals surface area (Å²) in [6.45, 7) is 5.89. The highest BCUT2D eigenvalue weighted by atomic mass is 16.5. The van der Waals surface area contributed by atoms with Crippen molar-refractivity contribution in [3.8, 4) is 0 Å². The lowest BCUT2D eigenvalue weighted by molar-refractivity contribution is -0.107. The fraction of sp³-hybridized carbons (Fsp3) is 0.750. The molecule has 0 unspecified atom stereocenters. The summed E-state index contributed by atoms with van der Waals surface area (Å²) in [4.78, 5) is 6.81. The number of pyridine rings is 1. The molecule has 0 bridgehead atoms. The van der Waals surface area contributed by atoms with Gasteiger partial charge in [0.1, 0.15) is 0 Å². The zero-order valence-corrected chi connectivity index (χ0v) is 14.7. The third-order valence-corrected chi connectivity index (χ3v) is 6.65. The van der Waals surface area contributed by atoms with Crippen molar-refractivity contribution in [2.24, 2.45) is 11.3 Å². The molecule has 3 fully saturated rings. The Hall–Kier alpha value is -0.970. The van der Waals surface area contributed by atoms with Crippen LogP contribution in [0.1, 0.15) is 44.1 Å². The third-order valence-electron chi connectivity index (χ3n) is 6.65. The Morgan fingerprint density at radius 2 is 1.96 bits per heavy atom. The van der Waals surface area contributed by atoms with E-state index in [0.29, 0.717) is 17.9 Å². The van der Waals surface area contributed by atoms with Crippen LogP contribution in [0.25, 0.3) is 0 Å². The van der Waals surface area contributed by atoms with Gasteiger partial charge in [0, 0.05) is 31.0 Å². The molecule has 0 radical (unpaired) electrons. The smallest absolute Gasteiger partial charge is 0.0718 e. The van der Waals surface area contributed by atoms with Gasteiger partial charge >= 0.3 is 0 Å². The summed E-state index contributed by atoms with van der Waals surface area (Å²) >= 11 is 0. The molecule has 132 valence electrons. The number of hydrogen-bond acceptors (Lipinski definition) is 4. The monoisotopic (exact) mass is 330 g/mol. The highest BCUT2D eigenvalue weighted by Crippen LogP contribution is 2.46. The standard InChI is InChI=1S/C20H30N2O2/c1-2-19(3-1)22-11-6-20(7-12-22)8-13-23-15-18(20)16-24-14-17-4-9-21-10-5-17/h4-5,9-10,18-19H,1-3,6-8,11-16H2/t18-/m0/s1. The summed E-state index contributed by atoms with van der Waals surface area (Å²) in [5.41, 5.74) is 1.66. The molecule has 4 nitrogen and oxygen atoms in total. The first-order valence-electron chi connectivity index (χ1n) is 9.64. The van der Waals surface area contributed by atoms with Gasteiger partial charge in [-0.1, -0.05) is 6.42 Å². The molecule has 24 heavy (non-hydrogen) atoms. The molecule has 1 atom stereocenters. The molecule has 1 aromatic heterocycles. The first-order valence-corrected chi connectivity index (χ1v) is 9.64. The van der Waals surface area contributed by atoms with E-state index in [0.717, 1.165) is 25.9 Å². The Morgan fingerprint density at radius 1 is 1.17 bits per heavy atom. The number of piperidine rings is 1. The Kier molecular flexibility index (Phi) is 5.16. The maximum absolute atomic E-state index is 6.07. The van der Waals surface area contributed by atoms with Crippen LogP contribution in [0.2, 0.25) is 0 Å². The summed E-state index contributed by atoms with van der Waals surface area (Å²) < 4.78 is 11.9. The van der Waals surface area contributed by atoms with Crippen LogP contribution >= 0.6 is 0 Å². The van der Waals surface area contributed by atoms with Gasteiger partial charge in [-0.3, -0.25) is 4.98 Å². The van der Waals surface area contributed by atoms with Crippen LogP contribution in [0.3, 0.4) is 0 Å². The Morgan fingerprint density at radius 3 is 2.67 bits per heavy atom. The Bertz CT molecular complexity index is 510. The van der Waals surface area contributed by atoms with Crippen LogP contribution in [0, 0.1) is 11.3 Å². The second-order valence-corrected chi connectivity index (χ2v) is 7.88. The van der Waals surface area contributed by atoms with Crippen LogP contribution in [0.15, 0.2) is 24.5 Å². The van der Waals surface area contributed by atoms with Crippen molar-refractivity contribution in [2.45, 2.75) is 51.2 Å². The maximum atomic E-state index is 6.07. The van der Waals surface area contributed by atoms with Crippen molar-refractivity contribution in [1.29, 1.82) is 0 Å². The lowest BCUT2D eigenvalue weighted by Crippen LogP contribution is -2.52. The van der Waals surface area contributed by atoms with Crippen molar-refractivity contribution in [1.82, 2.24) is 9.88 Å². The van der Waals surface area contributed by atoms with Crippen molar-refractivity contribution in [3.63, 3.8) is 0 Å². The molecule has 1 spiro atoms. The molecule has 4 rings (SSSR count). The van der Waals surface area contributed by atoms with Gasteiger partial charge in [-0.05, 0) is 68.3 Å². The van der Waals surface area contributed by atoms with E-state index in [1.165, 1.54) is 57.2 Å². The largest absolute Gasteiger partial charge is 0.381 e. The second kappa shape index (κ2) is 7.51. The number of nitrogens with zero attached hydrogens (tertiary/aromatic N) is 2. The number of rotatable bonds is 5.